The maximum atomic E-state index is 12.5. The number of benzene rings is 2. The lowest BCUT2D eigenvalue weighted by atomic mass is 9.89. The third kappa shape index (κ3) is 4.27. The zero-order valence-corrected chi connectivity index (χ0v) is 15.2. The fourth-order valence-corrected chi connectivity index (χ4v) is 3.54. The average molecular weight is 379 g/mol. The van der Waals surface area contributed by atoms with Gasteiger partial charge < -0.3 is 15.4 Å². The van der Waals surface area contributed by atoms with Crippen LogP contribution in [-0.4, -0.2) is 37.0 Å². The van der Waals surface area contributed by atoms with Gasteiger partial charge >= 0.3 is 0 Å². The van der Waals surface area contributed by atoms with Gasteiger partial charge in [0.1, 0.15) is 5.75 Å². The molecule has 0 unspecified atom stereocenters. The Morgan fingerprint density at radius 3 is 2.64 bits per heavy atom. The van der Waals surface area contributed by atoms with Crippen molar-refractivity contribution in [3.63, 3.8) is 0 Å². The molecule has 0 bridgehead atoms. The van der Waals surface area contributed by atoms with Crippen LogP contribution in [0.15, 0.2) is 48.5 Å². The van der Waals surface area contributed by atoms with Crippen molar-refractivity contribution in [3.05, 3.63) is 64.1 Å². The summed E-state index contributed by atoms with van der Waals surface area (Å²) in [7, 11) is 0. The van der Waals surface area contributed by atoms with Crippen LogP contribution in [0.1, 0.15) is 11.5 Å². The van der Waals surface area contributed by atoms with Crippen molar-refractivity contribution < 1.29 is 9.53 Å². The minimum absolute atomic E-state index is 0.0706. The van der Waals surface area contributed by atoms with Crippen LogP contribution in [0.25, 0.3) is 0 Å². The summed E-state index contributed by atoms with van der Waals surface area (Å²) >= 11 is 12.0. The SMILES string of the molecule is NC[C@@H]1CN(C(=O)COc2cc(Cl)ccc2Cl)C[C@H]1c1ccccc1. The second-order valence-corrected chi connectivity index (χ2v) is 7.02. The third-order valence-electron chi connectivity index (χ3n) is 4.57. The first-order valence-corrected chi connectivity index (χ1v) is 8.94. The highest BCUT2D eigenvalue weighted by Gasteiger charge is 2.35. The molecule has 4 nitrogen and oxygen atoms in total. The van der Waals surface area contributed by atoms with Crippen molar-refractivity contribution in [3.8, 4) is 5.75 Å². The first kappa shape index (κ1) is 18.1. The highest BCUT2D eigenvalue weighted by Crippen LogP contribution is 2.32. The van der Waals surface area contributed by atoms with Gasteiger partial charge in [-0.3, -0.25) is 4.79 Å². The van der Waals surface area contributed by atoms with Gasteiger partial charge in [-0.2, -0.15) is 0 Å². The van der Waals surface area contributed by atoms with Gasteiger partial charge in [-0.05, 0) is 30.2 Å². The molecule has 3 rings (SSSR count). The lowest BCUT2D eigenvalue weighted by Gasteiger charge is -2.17. The van der Waals surface area contributed by atoms with E-state index < -0.39 is 0 Å². The lowest BCUT2D eigenvalue weighted by molar-refractivity contribution is -0.132. The first-order chi connectivity index (χ1) is 12.1. The topological polar surface area (TPSA) is 55.6 Å². The number of nitrogens with zero attached hydrogens (tertiary/aromatic N) is 1. The van der Waals surface area contributed by atoms with Crippen molar-refractivity contribution in [2.75, 3.05) is 26.2 Å². The Balaban J connectivity index is 1.64. The van der Waals surface area contributed by atoms with Gasteiger partial charge in [0.25, 0.3) is 5.91 Å². The Morgan fingerprint density at radius 2 is 1.92 bits per heavy atom. The molecule has 0 radical (unpaired) electrons. The molecule has 0 aliphatic carbocycles. The van der Waals surface area contributed by atoms with E-state index in [1.807, 2.05) is 23.1 Å². The summed E-state index contributed by atoms with van der Waals surface area (Å²) in [6, 6.07) is 15.1. The van der Waals surface area contributed by atoms with Gasteiger partial charge in [-0.25, -0.2) is 0 Å². The van der Waals surface area contributed by atoms with Crippen molar-refractivity contribution in [2.24, 2.45) is 11.7 Å². The minimum atomic E-state index is -0.0760. The molecular formula is C19H20Cl2N2O2. The fourth-order valence-electron chi connectivity index (χ4n) is 3.21. The summed E-state index contributed by atoms with van der Waals surface area (Å²) < 4.78 is 5.56. The summed E-state index contributed by atoms with van der Waals surface area (Å²) in [6.07, 6.45) is 0. The highest BCUT2D eigenvalue weighted by molar-refractivity contribution is 6.34. The molecule has 1 aliphatic rings. The van der Waals surface area contributed by atoms with Crippen molar-refractivity contribution in [1.82, 2.24) is 4.90 Å². The quantitative estimate of drug-likeness (QED) is 0.864. The molecule has 1 heterocycles. The Bertz CT molecular complexity index is 739. The van der Waals surface area contributed by atoms with E-state index in [1.165, 1.54) is 5.56 Å². The molecule has 25 heavy (non-hydrogen) atoms. The Hall–Kier alpha value is -1.75. The van der Waals surface area contributed by atoms with Gasteiger partial charge in [-0.15, -0.1) is 0 Å². The minimum Gasteiger partial charge on any atom is -0.482 e. The number of carbonyl (C=O) groups is 1. The van der Waals surface area contributed by atoms with Crippen LogP contribution in [0.4, 0.5) is 0 Å². The van der Waals surface area contributed by atoms with Crippen LogP contribution < -0.4 is 10.5 Å². The predicted molar refractivity (Wildman–Crippen MR) is 100 cm³/mol. The van der Waals surface area contributed by atoms with Crippen LogP contribution in [0.2, 0.25) is 10.0 Å². The number of likely N-dealkylation sites (tertiary alicyclic amines) is 1. The van der Waals surface area contributed by atoms with Crippen LogP contribution in [-0.2, 0) is 4.79 Å². The predicted octanol–water partition coefficient (Wildman–Crippen LogP) is 3.57. The van der Waals surface area contributed by atoms with E-state index in [4.69, 9.17) is 33.7 Å². The van der Waals surface area contributed by atoms with Crippen LogP contribution in [0.5, 0.6) is 5.75 Å². The molecule has 1 aliphatic heterocycles. The van der Waals surface area contributed by atoms with Gasteiger partial charge in [0.2, 0.25) is 0 Å². The monoisotopic (exact) mass is 378 g/mol. The standard InChI is InChI=1S/C19H20Cl2N2O2/c20-15-6-7-17(21)18(8-15)25-12-19(24)23-10-14(9-22)16(11-23)13-4-2-1-3-5-13/h1-8,14,16H,9-12,22H2/t14-,16+/m1/s1. The molecule has 1 amide bonds. The number of ether oxygens (including phenoxy) is 1. The maximum Gasteiger partial charge on any atom is 0.260 e. The summed E-state index contributed by atoms with van der Waals surface area (Å²) in [5, 5.41) is 0.945. The number of rotatable bonds is 5. The number of carbonyl (C=O) groups excluding carboxylic acids is 1. The molecule has 0 aromatic heterocycles. The normalized spacial score (nSPS) is 19.9. The molecule has 2 atom stereocenters. The molecule has 0 saturated carbocycles. The van der Waals surface area contributed by atoms with E-state index in [9.17, 15) is 4.79 Å². The molecule has 1 saturated heterocycles. The Morgan fingerprint density at radius 1 is 1.16 bits per heavy atom. The zero-order chi connectivity index (χ0) is 17.8. The van der Waals surface area contributed by atoms with E-state index >= 15 is 0 Å². The van der Waals surface area contributed by atoms with Crippen molar-refractivity contribution >= 4 is 29.1 Å². The fraction of sp³-hybridized carbons (Fsp3) is 0.316. The molecule has 2 aromatic rings. The number of halogens is 2. The van der Waals surface area contributed by atoms with Crippen LogP contribution >= 0.6 is 23.2 Å². The molecular weight excluding hydrogens is 359 g/mol. The van der Waals surface area contributed by atoms with E-state index in [2.05, 4.69) is 12.1 Å². The Labute approximate surface area is 157 Å². The van der Waals surface area contributed by atoms with E-state index in [-0.39, 0.29) is 24.3 Å². The summed E-state index contributed by atoms with van der Waals surface area (Å²) in [4.78, 5) is 14.4. The smallest absolute Gasteiger partial charge is 0.260 e. The van der Waals surface area contributed by atoms with Crippen LogP contribution in [0.3, 0.4) is 0 Å². The molecule has 6 heteroatoms. The van der Waals surface area contributed by atoms with E-state index in [0.29, 0.717) is 35.4 Å². The van der Waals surface area contributed by atoms with E-state index in [1.54, 1.807) is 18.2 Å². The average Bonchev–Trinajstić information content (AvgIpc) is 3.07. The van der Waals surface area contributed by atoms with Gasteiger partial charge in [0.15, 0.2) is 6.61 Å². The summed E-state index contributed by atoms with van der Waals surface area (Å²) in [6.45, 7) is 1.77. The molecule has 132 valence electrons. The Kier molecular flexibility index (Phi) is 5.84. The second kappa shape index (κ2) is 8.09. The van der Waals surface area contributed by atoms with Gasteiger partial charge in [-0.1, -0.05) is 53.5 Å². The van der Waals surface area contributed by atoms with Crippen molar-refractivity contribution in [1.29, 1.82) is 0 Å². The first-order valence-electron chi connectivity index (χ1n) is 8.19. The summed E-state index contributed by atoms with van der Waals surface area (Å²) in [5.74, 6) is 0.843. The third-order valence-corrected chi connectivity index (χ3v) is 5.12. The van der Waals surface area contributed by atoms with Crippen molar-refractivity contribution in [2.45, 2.75) is 5.92 Å². The second-order valence-electron chi connectivity index (χ2n) is 6.18. The number of hydrogen-bond acceptors (Lipinski definition) is 3. The van der Waals surface area contributed by atoms with Gasteiger partial charge in [0.05, 0.1) is 5.02 Å². The zero-order valence-electron chi connectivity index (χ0n) is 13.7. The van der Waals surface area contributed by atoms with E-state index in [0.717, 1.165) is 0 Å². The maximum absolute atomic E-state index is 12.5. The molecule has 0 spiro atoms. The number of nitrogens with two attached hydrogens (primary N) is 1. The van der Waals surface area contributed by atoms with Gasteiger partial charge in [0, 0.05) is 30.1 Å². The molecule has 1 fully saturated rings. The van der Waals surface area contributed by atoms with Crippen LogP contribution in [0, 0.1) is 5.92 Å². The molecule has 2 N–H and O–H groups in total. The number of hydrogen-bond donors (Lipinski definition) is 1. The molecule has 2 aromatic carbocycles. The largest absolute Gasteiger partial charge is 0.482 e. The highest BCUT2D eigenvalue weighted by atomic mass is 35.5. The summed E-state index contributed by atoms with van der Waals surface area (Å²) in [5.41, 5.74) is 7.14. The lowest BCUT2D eigenvalue weighted by Crippen LogP contribution is -2.33. The number of amides is 1.